The van der Waals surface area contributed by atoms with Crippen molar-refractivity contribution in [1.29, 1.82) is 0 Å². The Balaban J connectivity index is 1.04. The van der Waals surface area contributed by atoms with Crippen LogP contribution in [0.25, 0.3) is 11.1 Å². The van der Waals surface area contributed by atoms with Gasteiger partial charge in [0.15, 0.2) is 5.69 Å². The first kappa shape index (κ1) is 22.6. The summed E-state index contributed by atoms with van der Waals surface area (Å²) in [7, 11) is 0. The third kappa shape index (κ3) is 4.72. The van der Waals surface area contributed by atoms with Gasteiger partial charge in [-0.2, -0.15) is 0 Å². The molecule has 0 spiro atoms. The standard InChI is InChI=1S/C25H25N5O5/c31-23(26-9-10-30-13-22(24(32)33)28-29-30)15-11-16(12-15)27-25(34)35-14-21-19-7-3-1-5-17(19)18-6-2-4-8-20(18)21/h1-8,13,15-16,21H,9-12,14H2,(H,26,31)(H,27,34)(H,32,33). The summed E-state index contributed by atoms with van der Waals surface area (Å²) >= 11 is 0. The summed E-state index contributed by atoms with van der Waals surface area (Å²) in [6.07, 6.45) is 1.92. The first-order valence-corrected chi connectivity index (χ1v) is 11.5. The van der Waals surface area contributed by atoms with Gasteiger partial charge in [-0.05, 0) is 35.1 Å². The first-order valence-electron chi connectivity index (χ1n) is 11.5. The number of nitrogens with zero attached hydrogens (tertiary/aromatic N) is 3. The van der Waals surface area contributed by atoms with Crippen molar-refractivity contribution in [3.8, 4) is 11.1 Å². The van der Waals surface area contributed by atoms with Crippen LogP contribution in [0.5, 0.6) is 0 Å². The molecule has 10 heteroatoms. The number of hydrogen-bond acceptors (Lipinski definition) is 6. The number of aromatic carboxylic acids is 1. The molecule has 0 saturated heterocycles. The van der Waals surface area contributed by atoms with Gasteiger partial charge in [-0.1, -0.05) is 53.7 Å². The SMILES string of the molecule is O=C(NC1CC(C(=O)NCCn2cc(C(=O)O)nn2)C1)OCC1c2ccccc2-c2ccccc21. The van der Waals surface area contributed by atoms with Crippen molar-refractivity contribution in [1.82, 2.24) is 25.6 Å². The molecule has 3 N–H and O–H groups in total. The normalized spacial score (nSPS) is 18.2. The Bertz CT molecular complexity index is 1220. The Hall–Kier alpha value is -4.21. The zero-order valence-corrected chi connectivity index (χ0v) is 18.9. The number of benzene rings is 2. The van der Waals surface area contributed by atoms with E-state index in [1.165, 1.54) is 22.0 Å². The van der Waals surface area contributed by atoms with E-state index in [0.717, 1.165) is 11.1 Å². The number of carboxylic acids is 1. The zero-order chi connectivity index (χ0) is 24.4. The van der Waals surface area contributed by atoms with Gasteiger partial charge in [0.25, 0.3) is 0 Å². The quantitative estimate of drug-likeness (QED) is 0.455. The van der Waals surface area contributed by atoms with Crippen molar-refractivity contribution in [2.24, 2.45) is 5.92 Å². The van der Waals surface area contributed by atoms with Crippen LogP contribution in [-0.4, -0.2) is 57.3 Å². The van der Waals surface area contributed by atoms with E-state index in [0.29, 0.717) is 25.9 Å². The number of amides is 2. The van der Waals surface area contributed by atoms with Gasteiger partial charge in [0.2, 0.25) is 5.91 Å². The average molecular weight is 476 g/mol. The summed E-state index contributed by atoms with van der Waals surface area (Å²) in [5.74, 6) is -1.43. The predicted molar refractivity (Wildman–Crippen MR) is 125 cm³/mol. The van der Waals surface area contributed by atoms with Gasteiger partial charge in [0.05, 0.1) is 12.7 Å². The van der Waals surface area contributed by atoms with Crippen LogP contribution in [0.1, 0.15) is 40.4 Å². The van der Waals surface area contributed by atoms with Crippen LogP contribution in [0.2, 0.25) is 0 Å². The molecular weight excluding hydrogens is 450 g/mol. The fourth-order valence-corrected chi connectivity index (χ4v) is 4.70. The number of aromatic nitrogens is 3. The minimum Gasteiger partial charge on any atom is -0.476 e. The minimum absolute atomic E-state index is 0.00429. The number of alkyl carbamates (subject to hydrolysis) is 1. The fraction of sp³-hybridized carbons (Fsp3) is 0.320. The summed E-state index contributed by atoms with van der Waals surface area (Å²) in [4.78, 5) is 35.5. The molecule has 180 valence electrons. The molecule has 1 fully saturated rings. The van der Waals surface area contributed by atoms with Crippen molar-refractivity contribution >= 4 is 18.0 Å². The summed E-state index contributed by atoms with van der Waals surface area (Å²) < 4.78 is 6.93. The average Bonchev–Trinajstić information content (AvgIpc) is 3.43. The van der Waals surface area contributed by atoms with Gasteiger partial charge >= 0.3 is 12.1 Å². The molecule has 1 saturated carbocycles. The predicted octanol–water partition coefficient (Wildman–Crippen LogP) is 2.41. The number of nitrogens with one attached hydrogen (secondary N) is 2. The van der Waals surface area contributed by atoms with E-state index in [4.69, 9.17) is 9.84 Å². The number of carboxylic acid groups (broad SMARTS) is 1. The summed E-state index contributed by atoms with van der Waals surface area (Å²) in [5, 5.41) is 21.7. The van der Waals surface area contributed by atoms with Crippen molar-refractivity contribution in [3.63, 3.8) is 0 Å². The lowest BCUT2D eigenvalue weighted by Crippen LogP contribution is -2.50. The van der Waals surface area contributed by atoms with Gasteiger partial charge in [0.1, 0.15) is 6.61 Å². The Labute approximate surface area is 201 Å². The highest BCUT2D eigenvalue weighted by Crippen LogP contribution is 2.44. The van der Waals surface area contributed by atoms with Crippen LogP contribution in [0.4, 0.5) is 4.79 Å². The lowest BCUT2D eigenvalue weighted by Gasteiger charge is -2.34. The maximum absolute atomic E-state index is 12.4. The molecule has 2 aromatic carbocycles. The van der Waals surface area contributed by atoms with Crippen LogP contribution in [0.15, 0.2) is 54.7 Å². The summed E-state index contributed by atoms with van der Waals surface area (Å²) in [6, 6.07) is 16.2. The molecule has 2 aliphatic carbocycles. The Kier molecular flexibility index (Phi) is 6.17. The second-order valence-corrected chi connectivity index (χ2v) is 8.80. The molecule has 0 radical (unpaired) electrons. The maximum Gasteiger partial charge on any atom is 0.407 e. The molecule has 3 aromatic rings. The van der Waals surface area contributed by atoms with Crippen LogP contribution in [0, 0.1) is 5.92 Å². The van der Waals surface area contributed by atoms with Crippen LogP contribution < -0.4 is 10.6 Å². The lowest BCUT2D eigenvalue weighted by molar-refractivity contribution is -0.128. The number of fused-ring (bicyclic) bond motifs is 3. The minimum atomic E-state index is -1.15. The number of carbonyl (C=O) groups is 3. The first-order chi connectivity index (χ1) is 17.0. The van der Waals surface area contributed by atoms with E-state index in [9.17, 15) is 14.4 Å². The van der Waals surface area contributed by atoms with E-state index < -0.39 is 12.1 Å². The second-order valence-electron chi connectivity index (χ2n) is 8.80. The van der Waals surface area contributed by atoms with Crippen molar-refractivity contribution < 1.29 is 24.2 Å². The number of carbonyl (C=O) groups excluding carboxylic acids is 2. The highest BCUT2D eigenvalue weighted by Gasteiger charge is 2.36. The van der Waals surface area contributed by atoms with Gasteiger partial charge < -0.3 is 20.5 Å². The van der Waals surface area contributed by atoms with Crippen molar-refractivity contribution in [2.45, 2.75) is 31.3 Å². The monoisotopic (exact) mass is 475 g/mol. The number of rotatable bonds is 8. The molecule has 1 aromatic heterocycles. The number of ether oxygens (including phenoxy) is 1. The van der Waals surface area contributed by atoms with Gasteiger partial charge in [0, 0.05) is 24.4 Å². The molecule has 10 nitrogen and oxygen atoms in total. The lowest BCUT2D eigenvalue weighted by atomic mass is 9.79. The molecular formula is C25H25N5O5. The summed E-state index contributed by atoms with van der Waals surface area (Å²) in [5.41, 5.74) is 4.53. The van der Waals surface area contributed by atoms with E-state index in [-0.39, 0.29) is 36.1 Å². The fourth-order valence-electron chi connectivity index (χ4n) is 4.70. The Morgan fingerprint density at radius 1 is 1.03 bits per heavy atom. The van der Waals surface area contributed by atoms with Gasteiger partial charge in [-0.25, -0.2) is 14.3 Å². The third-order valence-electron chi connectivity index (χ3n) is 6.57. The van der Waals surface area contributed by atoms with Crippen LogP contribution >= 0.6 is 0 Å². The van der Waals surface area contributed by atoms with E-state index in [2.05, 4.69) is 45.2 Å². The summed E-state index contributed by atoms with van der Waals surface area (Å²) in [6.45, 7) is 0.880. The highest BCUT2D eigenvalue weighted by molar-refractivity contribution is 5.84. The molecule has 1 heterocycles. The van der Waals surface area contributed by atoms with Crippen LogP contribution in [-0.2, 0) is 16.1 Å². The second kappa shape index (κ2) is 9.57. The number of hydrogen-bond donors (Lipinski definition) is 3. The maximum atomic E-state index is 12.4. The van der Waals surface area contributed by atoms with E-state index in [1.54, 1.807) is 0 Å². The zero-order valence-electron chi connectivity index (χ0n) is 18.9. The molecule has 2 amide bonds. The molecule has 0 bridgehead atoms. The van der Waals surface area contributed by atoms with Crippen LogP contribution in [0.3, 0.4) is 0 Å². The van der Waals surface area contributed by atoms with Gasteiger partial charge in [-0.15, -0.1) is 5.10 Å². The Morgan fingerprint density at radius 2 is 1.69 bits per heavy atom. The molecule has 0 aliphatic heterocycles. The van der Waals surface area contributed by atoms with Gasteiger partial charge in [-0.3, -0.25) is 4.79 Å². The highest BCUT2D eigenvalue weighted by atomic mass is 16.5. The van der Waals surface area contributed by atoms with E-state index in [1.807, 2.05) is 24.3 Å². The molecule has 5 rings (SSSR count). The molecule has 35 heavy (non-hydrogen) atoms. The largest absolute Gasteiger partial charge is 0.476 e. The van der Waals surface area contributed by atoms with Crippen molar-refractivity contribution in [2.75, 3.05) is 13.2 Å². The smallest absolute Gasteiger partial charge is 0.407 e. The Morgan fingerprint density at radius 3 is 2.31 bits per heavy atom. The third-order valence-corrected chi connectivity index (χ3v) is 6.57. The van der Waals surface area contributed by atoms with Crippen molar-refractivity contribution in [3.05, 3.63) is 71.5 Å². The molecule has 0 atom stereocenters. The molecule has 2 aliphatic rings. The van der Waals surface area contributed by atoms with E-state index >= 15 is 0 Å². The topological polar surface area (TPSA) is 135 Å². The molecule has 0 unspecified atom stereocenters.